The Morgan fingerprint density at radius 1 is 1.08 bits per heavy atom. The molecular formula is C29H45N3O4. The Labute approximate surface area is 216 Å². The minimum absolute atomic E-state index is 0.0412. The van der Waals surface area contributed by atoms with Crippen molar-refractivity contribution in [2.45, 2.75) is 85.1 Å². The molecule has 2 aliphatic rings. The molecule has 36 heavy (non-hydrogen) atoms. The molecule has 0 unspecified atom stereocenters. The molecule has 2 fully saturated rings. The van der Waals surface area contributed by atoms with Crippen LogP contribution in [0.2, 0.25) is 0 Å². The maximum absolute atomic E-state index is 13.6. The van der Waals surface area contributed by atoms with E-state index in [-0.39, 0.29) is 18.4 Å². The molecule has 7 nitrogen and oxygen atoms in total. The van der Waals surface area contributed by atoms with E-state index >= 15 is 0 Å². The van der Waals surface area contributed by atoms with Crippen LogP contribution in [0.5, 0.6) is 0 Å². The number of carbonyl (C=O) groups excluding carboxylic acids is 3. The lowest BCUT2D eigenvalue weighted by Gasteiger charge is -2.39. The Bertz CT molecular complexity index is 866. The Balaban J connectivity index is 1.61. The SMILES string of the molecule is Cc1ccc(CC2CCN(C(=O)[C@@H](NC(=O)[C@H](CC3CCCC3)CN(O)C=O)C(C)(C)C)CC2)cc1. The predicted octanol–water partition coefficient (Wildman–Crippen LogP) is 4.35. The zero-order chi connectivity index (χ0) is 26.3. The summed E-state index contributed by atoms with van der Waals surface area (Å²) in [5, 5.41) is 13.4. The van der Waals surface area contributed by atoms with Gasteiger partial charge in [0.1, 0.15) is 6.04 Å². The van der Waals surface area contributed by atoms with Gasteiger partial charge in [-0.2, -0.15) is 0 Å². The topological polar surface area (TPSA) is 90.0 Å². The summed E-state index contributed by atoms with van der Waals surface area (Å²) in [5.74, 6) is 0.123. The van der Waals surface area contributed by atoms with E-state index in [0.717, 1.165) is 44.9 Å². The molecule has 200 valence electrons. The number of likely N-dealkylation sites (tertiary alicyclic amines) is 1. The van der Waals surface area contributed by atoms with Gasteiger partial charge in [-0.3, -0.25) is 19.6 Å². The van der Waals surface area contributed by atoms with Gasteiger partial charge in [-0.15, -0.1) is 0 Å². The van der Waals surface area contributed by atoms with Crippen molar-refractivity contribution in [3.8, 4) is 0 Å². The fourth-order valence-electron chi connectivity index (χ4n) is 5.69. The van der Waals surface area contributed by atoms with E-state index in [1.165, 1.54) is 11.1 Å². The Morgan fingerprint density at radius 2 is 1.69 bits per heavy atom. The molecular weight excluding hydrogens is 454 g/mol. The molecule has 1 saturated heterocycles. The number of rotatable bonds is 10. The number of hydrogen-bond donors (Lipinski definition) is 2. The highest BCUT2D eigenvalue weighted by molar-refractivity contribution is 5.89. The summed E-state index contributed by atoms with van der Waals surface area (Å²) in [4.78, 5) is 39.9. The summed E-state index contributed by atoms with van der Waals surface area (Å²) >= 11 is 0. The average molecular weight is 500 g/mol. The maximum Gasteiger partial charge on any atom is 0.245 e. The van der Waals surface area contributed by atoms with E-state index in [0.29, 0.717) is 42.8 Å². The molecule has 0 aromatic heterocycles. The summed E-state index contributed by atoms with van der Waals surface area (Å²) in [7, 11) is 0. The molecule has 1 aliphatic carbocycles. The molecule has 0 bridgehead atoms. The highest BCUT2D eigenvalue weighted by atomic mass is 16.5. The molecule has 3 rings (SSSR count). The summed E-state index contributed by atoms with van der Waals surface area (Å²) in [6.07, 6.45) is 8.32. The van der Waals surface area contributed by atoms with Crippen LogP contribution in [-0.4, -0.2) is 59.1 Å². The summed E-state index contributed by atoms with van der Waals surface area (Å²) < 4.78 is 0. The van der Waals surface area contributed by atoms with Crippen molar-refractivity contribution in [1.29, 1.82) is 0 Å². The average Bonchev–Trinajstić information content (AvgIpc) is 3.36. The zero-order valence-corrected chi connectivity index (χ0v) is 22.5. The molecule has 2 atom stereocenters. The van der Waals surface area contributed by atoms with Crippen molar-refractivity contribution in [3.05, 3.63) is 35.4 Å². The van der Waals surface area contributed by atoms with Crippen molar-refractivity contribution >= 4 is 18.2 Å². The van der Waals surface area contributed by atoms with Crippen LogP contribution in [0.25, 0.3) is 0 Å². The molecule has 1 aromatic rings. The third-order valence-corrected chi connectivity index (χ3v) is 7.96. The second-order valence-electron chi connectivity index (χ2n) is 12.1. The van der Waals surface area contributed by atoms with Gasteiger partial charge < -0.3 is 10.2 Å². The third kappa shape index (κ3) is 8.05. The van der Waals surface area contributed by atoms with Crippen LogP contribution < -0.4 is 5.32 Å². The number of nitrogens with zero attached hydrogens (tertiary/aromatic N) is 2. The Morgan fingerprint density at radius 3 is 2.25 bits per heavy atom. The number of carbonyl (C=O) groups is 3. The number of hydrogen-bond acceptors (Lipinski definition) is 4. The number of piperidine rings is 1. The Kier molecular flexibility index (Phi) is 9.94. The molecule has 3 amide bonds. The normalized spacial score (nSPS) is 19.1. The van der Waals surface area contributed by atoms with Crippen LogP contribution in [0.3, 0.4) is 0 Å². The predicted molar refractivity (Wildman–Crippen MR) is 140 cm³/mol. The van der Waals surface area contributed by atoms with Crippen LogP contribution in [0.1, 0.15) is 76.8 Å². The quantitative estimate of drug-likeness (QED) is 0.285. The van der Waals surface area contributed by atoms with Gasteiger partial charge in [0.15, 0.2) is 0 Å². The molecule has 1 aliphatic heterocycles. The van der Waals surface area contributed by atoms with E-state index in [4.69, 9.17) is 0 Å². The zero-order valence-electron chi connectivity index (χ0n) is 22.5. The lowest BCUT2D eigenvalue weighted by atomic mass is 9.83. The Hall–Kier alpha value is -2.41. The highest BCUT2D eigenvalue weighted by Crippen LogP contribution is 2.31. The van der Waals surface area contributed by atoms with Gasteiger partial charge in [-0.1, -0.05) is 76.3 Å². The fourth-order valence-corrected chi connectivity index (χ4v) is 5.69. The van der Waals surface area contributed by atoms with Gasteiger partial charge >= 0.3 is 0 Å². The minimum atomic E-state index is -0.659. The first-order chi connectivity index (χ1) is 17.1. The van der Waals surface area contributed by atoms with Crippen LogP contribution in [-0.2, 0) is 20.8 Å². The van der Waals surface area contributed by atoms with Gasteiger partial charge in [-0.25, -0.2) is 5.06 Å². The summed E-state index contributed by atoms with van der Waals surface area (Å²) in [6, 6.07) is 8.02. The highest BCUT2D eigenvalue weighted by Gasteiger charge is 2.38. The van der Waals surface area contributed by atoms with E-state index < -0.39 is 17.4 Å². The monoisotopic (exact) mass is 499 g/mol. The van der Waals surface area contributed by atoms with E-state index in [1.807, 2.05) is 25.7 Å². The van der Waals surface area contributed by atoms with Crippen molar-refractivity contribution in [3.63, 3.8) is 0 Å². The third-order valence-electron chi connectivity index (χ3n) is 7.96. The molecule has 7 heteroatoms. The summed E-state index contributed by atoms with van der Waals surface area (Å²) in [5.41, 5.74) is 2.14. The molecule has 2 N–H and O–H groups in total. The number of nitrogens with one attached hydrogen (secondary N) is 1. The second-order valence-corrected chi connectivity index (χ2v) is 12.1. The van der Waals surface area contributed by atoms with Crippen LogP contribution in [0, 0.1) is 30.1 Å². The lowest BCUT2D eigenvalue weighted by molar-refractivity contribution is -0.156. The van der Waals surface area contributed by atoms with Gasteiger partial charge in [0.25, 0.3) is 0 Å². The smallest absolute Gasteiger partial charge is 0.245 e. The van der Waals surface area contributed by atoms with Crippen molar-refractivity contribution < 1.29 is 19.6 Å². The molecule has 0 radical (unpaired) electrons. The number of hydroxylamine groups is 2. The van der Waals surface area contributed by atoms with Crippen LogP contribution in [0.4, 0.5) is 0 Å². The minimum Gasteiger partial charge on any atom is -0.344 e. The first-order valence-corrected chi connectivity index (χ1v) is 13.6. The van der Waals surface area contributed by atoms with E-state index in [1.54, 1.807) is 0 Å². The first-order valence-electron chi connectivity index (χ1n) is 13.6. The second kappa shape index (κ2) is 12.7. The van der Waals surface area contributed by atoms with Gasteiger partial charge in [0, 0.05) is 13.1 Å². The largest absolute Gasteiger partial charge is 0.344 e. The molecule has 1 heterocycles. The fraction of sp³-hybridized carbons (Fsp3) is 0.690. The van der Waals surface area contributed by atoms with E-state index in [2.05, 4.69) is 36.5 Å². The maximum atomic E-state index is 13.6. The van der Waals surface area contributed by atoms with Gasteiger partial charge in [-0.05, 0) is 55.4 Å². The van der Waals surface area contributed by atoms with E-state index in [9.17, 15) is 19.6 Å². The number of aryl methyl sites for hydroxylation is 1. The molecule has 1 aromatic carbocycles. The van der Waals surface area contributed by atoms with Crippen LogP contribution in [0.15, 0.2) is 24.3 Å². The van der Waals surface area contributed by atoms with Crippen molar-refractivity contribution in [2.24, 2.45) is 23.2 Å². The number of benzene rings is 1. The van der Waals surface area contributed by atoms with Crippen molar-refractivity contribution in [2.75, 3.05) is 19.6 Å². The standard InChI is InChI=1S/C29H45N3O4/c1-21-9-11-23(12-10-21)17-24-13-15-31(16-14-24)28(35)26(29(2,3)4)30-27(34)25(19-32(36)20-33)18-22-7-5-6-8-22/h9-12,20,22,24-26,36H,5-8,13-19H2,1-4H3,(H,30,34)/t25-,26-/m1/s1. The van der Waals surface area contributed by atoms with Crippen LogP contribution >= 0.6 is 0 Å². The molecule has 1 saturated carbocycles. The summed E-state index contributed by atoms with van der Waals surface area (Å²) in [6.45, 7) is 9.33. The van der Waals surface area contributed by atoms with Gasteiger partial charge in [0.05, 0.1) is 12.5 Å². The van der Waals surface area contributed by atoms with Crippen molar-refractivity contribution in [1.82, 2.24) is 15.3 Å². The molecule has 0 spiro atoms. The number of amides is 3. The lowest BCUT2D eigenvalue weighted by Crippen LogP contribution is -2.57. The first kappa shape index (κ1) is 28.2. The van der Waals surface area contributed by atoms with Gasteiger partial charge in [0.2, 0.25) is 18.2 Å².